The average Bonchev–Trinajstić information content (AvgIpc) is 0.722. The van der Waals surface area contributed by atoms with E-state index in [1.807, 2.05) is 0 Å². The number of rotatable bonds is 0. The molecule has 0 aliphatic heterocycles. The van der Waals surface area contributed by atoms with Crippen LogP contribution in [0.4, 0.5) is 0 Å². The minimum atomic E-state index is -1.61. The standard InChI is InChI=1S/CCl4.Na.H2O.H/c2-1(3,4)5;;;/h;;1H2;. The number of hydrogen-bond acceptors (Lipinski definition) is 0. The van der Waals surface area contributed by atoms with Crippen LogP contribution in [0.2, 0.25) is 0 Å². The van der Waals surface area contributed by atoms with E-state index in [0.717, 1.165) is 0 Å². The van der Waals surface area contributed by atoms with Crippen LogP contribution in [-0.2, 0) is 0 Å². The number of alkyl halides is 4. The maximum absolute atomic E-state index is 4.83. The second-order valence-corrected chi connectivity index (χ2v) is 3.86. The predicted octanol–water partition coefficient (Wildman–Crippen LogP) is 1.08. The van der Waals surface area contributed by atoms with Gasteiger partial charge in [-0.1, -0.05) is 46.4 Å². The van der Waals surface area contributed by atoms with Crippen molar-refractivity contribution in [1.82, 2.24) is 0 Å². The normalized spacial score (nSPS) is 8.57. The van der Waals surface area contributed by atoms with Crippen LogP contribution in [-0.4, -0.2) is 38.3 Å². The summed E-state index contributed by atoms with van der Waals surface area (Å²) in [5.41, 5.74) is 0. The quantitative estimate of drug-likeness (QED) is 0.410. The van der Waals surface area contributed by atoms with Crippen molar-refractivity contribution in [2.24, 2.45) is 0 Å². The monoisotopic (exact) mass is 194 g/mol. The molecule has 42 valence electrons. The Morgan fingerprint density at radius 2 is 0.857 bits per heavy atom. The zero-order chi connectivity index (χ0) is 4.50. The minimum absolute atomic E-state index is 0. The van der Waals surface area contributed by atoms with Gasteiger partial charge in [0.05, 0.1) is 0 Å². The van der Waals surface area contributed by atoms with Crippen LogP contribution < -0.4 is 0 Å². The maximum atomic E-state index is 4.83. The summed E-state index contributed by atoms with van der Waals surface area (Å²) in [6.45, 7) is 0. The summed E-state index contributed by atoms with van der Waals surface area (Å²) < 4.78 is -1.61. The molecule has 7 heavy (non-hydrogen) atoms. The van der Waals surface area contributed by atoms with Gasteiger partial charge in [-0.2, -0.15) is 0 Å². The van der Waals surface area contributed by atoms with E-state index in [2.05, 4.69) is 0 Å². The van der Waals surface area contributed by atoms with E-state index in [0.29, 0.717) is 0 Å². The Bertz CT molecular complexity index is 27.2. The van der Waals surface area contributed by atoms with E-state index >= 15 is 0 Å². The van der Waals surface area contributed by atoms with Crippen molar-refractivity contribution in [2.75, 3.05) is 0 Å². The zero-order valence-corrected chi connectivity index (χ0v) is 5.54. The summed E-state index contributed by atoms with van der Waals surface area (Å²) in [4.78, 5) is 0. The molecule has 0 unspecified atom stereocenters. The second kappa shape index (κ2) is 6.24. The Morgan fingerprint density at radius 1 is 0.857 bits per heavy atom. The van der Waals surface area contributed by atoms with Gasteiger partial charge in [0, 0.05) is 0 Å². The fourth-order valence-electron chi connectivity index (χ4n) is 0. The summed E-state index contributed by atoms with van der Waals surface area (Å²) in [6.07, 6.45) is 0. The number of hydrogen-bond donors (Lipinski definition) is 0. The van der Waals surface area contributed by atoms with Gasteiger partial charge in [0.15, 0.2) is 0 Å². The van der Waals surface area contributed by atoms with Gasteiger partial charge in [-0.15, -0.1) is 0 Å². The van der Waals surface area contributed by atoms with Gasteiger partial charge in [0.1, 0.15) is 0 Å². The van der Waals surface area contributed by atoms with Crippen molar-refractivity contribution in [3.8, 4) is 0 Å². The molecule has 2 N–H and O–H groups in total. The molecule has 6 heteroatoms. The molecule has 0 heterocycles. The van der Waals surface area contributed by atoms with Crippen LogP contribution in [0.25, 0.3) is 0 Å². The Kier molecular flexibility index (Phi) is 14.3. The summed E-state index contributed by atoms with van der Waals surface area (Å²) in [7, 11) is 0. The first-order valence-corrected chi connectivity index (χ1v) is 2.27. The van der Waals surface area contributed by atoms with E-state index in [-0.39, 0.29) is 35.0 Å². The van der Waals surface area contributed by atoms with E-state index in [4.69, 9.17) is 46.4 Å². The third kappa shape index (κ3) is 67.7. The van der Waals surface area contributed by atoms with Crippen LogP contribution in [0.15, 0.2) is 0 Å². The molecule has 0 atom stereocenters. The molecule has 0 rings (SSSR count). The first-order valence-electron chi connectivity index (χ1n) is 0.756. The molecule has 0 aromatic rings. The summed E-state index contributed by atoms with van der Waals surface area (Å²) in [6, 6.07) is 0. The van der Waals surface area contributed by atoms with E-state index in [9.17, 15) is 0 Å². The molecule has 0 aromatic heterocycles. The second-order valence-electron chi connectivity index (χ2n) is 0.429. The van der Waals surface area contributed by atoms with Crippen LogP contribution in [0.5, 0.6) is 0 Å². The molecule has 0 bridgehead atoms. The van der Waals surface area contributed by atoms with Crippen LogP contribution in [0.3, 0.4) is 0 Å². The summed E-state index contributed by atoms with van der Waals surface area (Å²) >= 11 is 19.3. The molecular formula is CH3Cl4NaO. The van der Waals surface area contributed by atoms with Crippen LogP contribution in [0.1, 0.15) is 0 Å². The summed E-state index contributed by atoms with van der Waals surface area (Å²) in [5, 5.41) is 0. The summed E-state index contributed by atoms with van der Waals surface area (Å²) in [5.74, 6) is 0. The third-order valence-corrected chi connectivity index (χ3v) is 0. The van der Waals surface area contributed by atoms with Crippen molar-refractivity contribution < 1.29 is 5.48 Å². The van der Waals surface area contributed by atoms with Crippen molar-refractivity contribution in [1.29, 1.82) is 0 Å². The Morgan fingerprint density at radius 3 is 0.857 bits per heavy atom. The molecule has 0 aromatic carbocycles. The van der Waals surface area contributed by atoms with Crippen LogP contribution >= 0.6 is 46.4 Å². The fraction of sp³-hybridized carbons (Fsp3) is 1.00. The predicted molar refractivity (Wildman–Crippen MR) is 36.9 cm³/mol. The molecule has 0 amide bonds. The molecule has 1 nitrogen and oxygen atoms in total. The Balaban J connectivity index is -0.0000000800. The first kappa shape index (κ1) is 16.1. The molecule has 0 saturated carbocycles. The topological polar surface area (TPSA) is 31.5 Å². The van der Waals surface area contributed by atoms with Gasteiger partial charge in [-0.25, -0.2) is 0 Å². The third-order valence-electron chi connectivity index (χ3n) is 0. The van der Waals surface area contributed by atoms with Crippen molar-refractivity contribution in [3.63, 3.8) is 0 Å². The molecule has 0 fully saturated rings. The van der Waals surface area contributed by atoms with Gasteiger partial charge in [0.2, 0.25) is 0 Å². The molecule has 0 spiro atoms. The van der Waals surface area contributed by atoms with E-state index in [1.54, 1.807) is 0 Å². The van der Waals surface area contributed by atoms with Gasteiger partial charge < -0.3 is 5.48 Å². The molecule has 0 saturated heterocycles. The van der Waals surface area contributed by atoms with Gasteiger partial charge in [0.25, 0.3) is 3.25 Å². The van der Waals surface area contributed by atoms with Crippen molar-refractivity contribution in [3.05, 3.63) is 0 Å². The molecule has 0 aliphatic rings. The van der Waals surface area contributed by atoms with Gasteiger partial charge >= 0.3 is 29.6 Å². The number of halogens is 4. The average molecular weight is 196 g/mol. The first-order chi connectivity index (χ1) is 2.00. The fourth-order valence-corrected chi connectivity index (χ4v) is 0. The van der Waals surface area contributed by atoms with Crippen molar-refractivity contribution >= 4 is 76.0 Å². The SMILES string of the molecule is ClC(Cl)(Cl)Cl.O.[NaH]. The van der Waals surface area contributed by atoms with Crippen LogP contribution in [0, 0.1) is 0 Å². The molecule has 0 aliphatic carbocycles. The van der Waals surface area contributed by atoms with E-state index in [1.165, 1.54) is 0 Å². The Labute approximate surface area is 83.8 Å². The van der Waals surface area contributed by atoms with Crippen molar-refractivity contribution in [2.45, 2.75) is 3.25 Å². The van der Waals surface area contributed by atoms with E-state index < -0.39 is 3.25 Å². The molecule has 0 radical (unpaired) electrons. The van der Waals surface area contributed by atoms with Gasteiger partial charge in [-0.05, 0) is 0 Å². The zero-order valence-electron chi connectivity index (χ0n) is 2.51. The molecular weight excluding hydrogens is 193 g/mol. The van der Waals surface area contributed by atoms with Gasteiger partial charge in [-0.3, -0.25) is 0 Å². The Hall–Kier alpha value is 2.12.